The second-order valence-corrected chi connectivity index (χ2v) is 16.4. The van der Waals surface area contributed by atoms with Crippen molar-refractivity contribution < 1.29 is 0 Å². The molecule has 1 heterocycles. The van der Waals surface area contributed by atoms with Gasteiger partial charge in [0.25, 0.3) is 0 Å². The molecule has 1 aromatic heterocycles. The Morgan fingerprint density at radius 2 is 0.781 bits per heavy atom. The van der Waals surface area contributed by atoms with Gasteiger partial charge in [-0.3, -0.25) is 0 Å². The first-order valence-electron chi connectivity index (χ1n) is 22.0. The largest absolute Gasteiger partial charge is 0.308 e. The van der Waals surface area contributed by atoms with Crippen LogP contribution in [0.1, 0.15) is 0 Å². The average molecular weight is 815 g/mol. The van der Waals surface area contributed by atoms with Gasteiger partial charge in [0.05, 0.1) is 22.4 Å². The van der Waals surface area contributed by atoms with E-state index in [1.165, 1.54) is 65.7 Å². The monoisotopic (exact) mass is 814 g/mol. The van der Waals surface area contributed by atoms with Crippen LogP contribution in [0.15, 0.2) is 255 Å². The molecule has 2 heteroatoms. The van der Waals surface area contributed by atoms with Crippen molar-refractivity contribution in [3.63, 3.8) is 0 Å². The van der Waals surface area contributed by atoms with E-state index in [0.717, 1.165) is 45.0 Å². The molecule has 0 aliphatic rings. The van der Waals surface area contributed by atoms with E-state index in [0.29, 0.717) is 0 Å². The summed E-state index contributed by atoms with van der Waals surface area (Å²) in [6.45, 7) is 0. The Kier molecular flexibility index (Phi) is 9.20. The SMILES string of the molecule is c1ccc(-c2ccccc2N(c2cccc(-c3ccc4c(c3)c(-c3ccccc3)c(-c3ccccc3)c3ccccc34)c2)c2cccc3c4ccccc4n(-c4ccccc4)c23)cc1. The van der Waals surface area contributed by atoms with Crippen molar-refractivity contribution in [1.29, 1.82) is 0 Å². The Hall–Kier alpha value is -8.46. The van der Waals surface area contributed by atoms with Gasteiger partial charge in [-0.1, -0.05) is 206 Å². The van der Waals surface area contributed by atoms with Crippen LogP contribution in [0.5, 0.6) is 0 Å². The van der Waals surface area contributed by atoms with Crippen molar-refractivity contribution in [2.45, 2.75) is 0 Å². The van der Waals surface area contributed by atoms with Crippen LogP contribution in [0.3, 0.4) is 0 Å². The van der Waals surface area contributed by atoms with E-state index in [4.69, 9.17) is 0 Å². The molecule has 0 saturated heterocycles. The molecule has 0 bridgehead atoms. The Balaban J connectivity index is 1.13. The summed E-state index contributed by atoms with van der Waals surface area (Å²) in [4.78, 5) is 2.48. The standard InChI is InChI=1S/C62H42N2/c1-5-21-43(22-6-1)50-31-15-17-36-57(50)63(59-38-20-35-55-53-33-16-18-37-58(53)64(62(55)59)48-28-11-4-12-29-48)49-30-19-27-46(41-49)47-39-40-52-51-32-13-14-34-54(51)60(44-23-7-2-8-24-44)61(56(52)42-47)45-25-9-3-10-26-45/h1-42H. The van der Waals surface area contributed by atoms with Gasteiger partial charge in [0, 0.05) is 27.7 Å². The molecular formula is C62H42N2. The van der Waals surface area contributed by atoms with E-state index >= 15 is 0 Å². The zero-order valence-electron chi connectivity index (χ0n) is 35.1. The summed E-state index contributed by atoms with van der Waals surface area (Å²) in [6, 6.07) is 92.7. The van der Waals surface area contributed by atoms with Gasteiger partial charge >= 0.3 is 0 Å². The fraction of sp³-hybridized carbons (Fsp3) is 0. The third-order valence-electron chi connectivity index (χ3n) is 12.7. The number of fused-ring (bicyclic) bond motifs is 6. The third kappa shape index (κ3) is 6.27. The van der Waals surface area contributed by atoms with Crippen LogP contribution >= 0.6 is 0 Å². The zero-order chi connectivity index (χ0) is 42.4. The lowest BCUT2D eigenvalue weighted by atomic mass is 9.84. The van der Waals surface area contributed by atoms with E-state index < -0.39 is 0 Å². The second-order valence-electron chi connectivity index (χ2n) is 16.4. The molecule has 0 amide bonds. The molecule has 64 heavy (non-hydrogen) atoms. The molecule has 0 fully saturated rings. The lowest BCUT2D eigenvalue weighted by Crippen LogP contribution is -2.13. The third-order valence-corrected chi connectivity index (χ3v) is 12.7. The quantitative estimate of drug-likeness (QED) is 0.139. The Labute approximate surface area is 373 Å². The molecular weight excluding hydrogens is 773 g/mol. The molecule has 300 valence electrons. The molecule has 12 aromatic rings. The van der Waals surface area contributed by atoms with Crippen LogP contribution in [0.2, 0.25) is 0 Å². The van der Waals surface area contributed by atoms with E-state index in [1.807, 2.05) is 0 Å². The highest BCUT2D eigenvalue weighted by Crippen LogP contribution is 2.48. The first-order valence-corrected chi connectivity index (χ1v) is 22.0. The zero-order valence-corrected chi connectivity index (χ0v) is 35.1. The average Bonchev–Trinajstić information content (AvgIpc) is 3.72. The number of hydrogen-bond acceptors (Lipinski definition) is 1. The van der Waals surface area contributed by atoms with Gasteiger partial charge in [-0.05, 0) is 109 Å². The molecule has 0 aliphatic carbocycles. The van der Waals surface area contributed by atoms with E-state index in [1.54, 1.807) is 0 Å². The highest BCUT2D eigenvalue weighted by molar-refractivity contribution is 6.22. The maximum absolute atomic E-state index is 2.48. The summed E-state index contributed by atoms with van der Waals surface area (Å²) in [5.74, 6) is 0. The van der Waals surface area contributed by atoms with Crippen molar-refractivity contribution in [2.24, 2.45) is 0 Å². The Bertz CT molecular complexity index is 3650. The van der Waals surface area contributed by atoms with E-state index in [9.17, 15) is 0 Å². The minimum absolute atomic E-state index is 1.07. The van der Waals surface area contributed by atoms with Crippen molar-refractivity contribution in [3.05, 3.63) is 255 Å². The second kappa shape index (κ2) is 15.8. The lowest BCUT2D eigenvalue weighted by Gasteiger charge is -2.29. The highest BCUT2D eigenvalue weighted by Gasteiger charge is 2.24. The molecule has 0 spiro atoms. The van der Waals surface area contributed by atoms with Crippen LogP contribution in [-0.4, -0.2) is 4.57 Å². The number of rotatable bonds is 8. The Morgan fingerprint density at radius 1 is 0.281 bits per heavy atom. The maximum atomic E-state index is 2.48. The van der Waals surface area contributed by atoms with Crippen LogP contribution in [0, 0.1) is 0 Å². The number of hydrogen-bond donors (Lipinski definition) is 0. The van der Waals surface area contributed by atoms with Gasteiger partial charge in [-0.2, -0.15) is 0 Å². The summed E-state index contributed by atoms with van der Waals surface area (Å²) in [7, 11) is 0. The van der Waals surface area contributed by atoms with Crippen molar-refractivity contribution in [1.82, 2.24) is 4.57 Å². The van der Waals surface area contributed by atoms with Crippen LogP contribution < -0.4 is 4.90 Å². The number of benzene rings is 11. The maximum Gasteiger partial charge on any atom is 0.0782 e. The molecule has 12 rings (SSSR count). The lowest BCUT2D eigenvalue weighted by molar-refractivity contribution is 1.17. The fourth-order valence-electron chi connectivity index (χ4n) is 9.97. The minimum Gasteiger partial charge on any atom is -0.308 e. The summed E-state index contributed by atoms with van der Waals surface area (Å²) in [5.41, 5.74) is 16.3. The minimum atomic E-state index is 1.07. The van der Waals surface area contributed by atoms with Gasteiger partial charge in [0.15, 0.2) is 0 Å². The summed E-state index contributed by atoms with van der Waals surface area (Å²) < 4.78 is 2.44. The summed E-state index contributed by atoms with van der Waals surface area (Å²) in [6.07, 6.45) is 0. The van der Waals surface area contributed by atoms with Crippen molar-refractivity contribution >= 4 is 60.4 Å². The van der Waals surface area contributed by atoms with Gasteiger partial charge < -0.3 is 9.47 Å². The molecule has 11 aromatic carbocycles. The molecule has 0 unspecified atom stereocenters. The van der Waals surface area contributed by atoms with Crippen LogP contribution in [0.25, 0.3) is 93.5 Å². The van der Waals surface area contributed by atoms with Gasteiger partial charge in [-0.25, -0.2) is 0 Å². The molecule has 0 saturated carbocycles. The molecule has 0 N–H and O–H groups in total. The van der Waals surface area contributed by atoms with E-state index in [2.05, 4.69) is 264 Å². The smallest absolute Gasteiger partial charge is 0.0782 e. The molecule has 0 aliphatic heterocycles. The van der Waals surface area contributed by atoms with Gasteiger partial charge in [0.2, 0.25) is 0 Å². The number of para-hydroxylation sites is 4. The fourth-order valence-corrected chi connectivity index (χ4v) is 9.97. The molecule has 0 radical (unpaired) electrons. The molecule has 0 atom stereocenters. The summed E-state index contributed by atoms with van der Waals surface area (Å²) >= 11 is 0. The van der Waals surface area contributed by atoms with Crippen LogP contribution in [0.4, 0.5) is 17.1 Å². The topological polar surface area (TPSA) is 8.17 Å². The number of anilines is 3. The van der Waals surface area contributed by atoms with E-state index in [-0.39, 0.29) is 0 Å². The highest BCUT2D eigenvalue weighted by atomic mass is 15.2. The van der Waals surface area contributed by atoms with Crippen LogP contribution in [-0.2, 0) is 0 Å². The van der Waals surface area contributed by atoms with Crippen molar-refractivity contribution in [3.8, 4) is 50.2 Å². The summed E-state index contributed by atoms with van der Waals surface area (Å²) in [5, 5.41) is 7.41. The number of aromatic nitrogens is 1. The first kappa shape index (κ1) is 37.3. The normalized spacial score (nSPS) is 11.4. The molecule has 2 nitrogen and oxygen atoms in total. The Morgan fingerprint density at radius 3 is 1.52 bits per heavy atom. The van der Waals surface area contributed by atoms with Gasteiger partial charge in [0.1, 0.15) is 0 Å². The number of nitrogens with zero attached hydrogens (tertiary/aromatic N) is 2. The van der Waals surface area contributed by atoms with Crippen molar-refractivity contribution in [2.75, 3.05) is 4.90 Å². The van der Waals surface area contributed by atoms with Gasteiger partial charge in [-0.15, -0.1) is 0 Å². The predicted molar refractivity (Wildman–Crippen MR) is 272 cm³/mol. The predicted octanol–water partition coefficient (Wildman–Crippen LogP) is 17.2. The first-order chi connectivity index (χ1) is 31.8.